The second-order valence-corrected chi connectivity index (χ2v) is 14.0. The summed E-state index contributed by atoms with van der Waals surface area (Å²) in [6.07, 6.45) is 0. The molecule has 0 fully saturated rings. The number of benzene rings is 8. The molecule has 0 saturated heterocycles. The zero-order valence-electron chi connectivity index (χ0n) is 30.3. The van der Waals surface area contributed by atoms with E-state index in [1.807, 2.05) is 24.3 Å². The molecule has 0 aliphatic heterocycles. The zero-order valence-corrected chi connectivity index (χ0v) is 30.3. The number of rotatable bonds is 6. The van der Waals surface area contributed by atoms with Gasteiger partial charge in [0.25, 0.3) is 0 Å². The van der Waals surface area contributed by atoms with Crippen LogP contribution in [0.3, 0.4) is 0 Å². The fourth-order valence-corrected chi connectivity index (χ4v) is 8.25. The van der Waals surface area contributed by atoms with Gasteiger partial charge in [0.15, 0.2) is 11.6 Å². The van der Waals surface area contributed by atoms with Crippen LogP contribution in [-0.2, 0) is 0 Å². The molecule has 0 spiro atoms. The summed E-state index contributed by atoms with van der Waals surface area (Å²) in [5.41, 5.74) is 11.8. The first-order valence-electron chi connectivity index (χ1n) is 18.9. The van der Waals surface area contributed by atoms with Crippen molar-refractivity contribution in [3.05, 3.63) is 200 Å². The Morgan fingerprint density at radius 2 is 0.786 bits per heavy atom. The molecule has 5 nitrogen and oxygen atoms in total. The number of para-hydroxylation sites is 3. The number of fused-ring (bicyclic) bond motifs is 7. The normalized spacial score (nSPS) is 11.6. The third kappa shape index (κ3) is 5.13. The van der Waals surface area contributed by atoms with Gasteiger partial charge in [0.05, 0.1) is 22.1 Å². The molecule has 8 aromatic carbocycles. The maximum Gasteiger partial charge on any atom is 0.238 e. The van der Waals surface area contributed by atoms with Crippen molar-refractivity contribution < 1.29 is 0 Å². The van der Waals surface area contributed by atoms with Crippen LogP contribution in [0.2, 0.25) is 0 Å². The minimum absolute atomic E-state index is 0.559. The van der Waals surface area contributed by atoms with Gasteiger partial charge in [0.1, 0.15) is 0 Å². The molecule has 0 amide bonds. The Morgan fingerprint density at radius 3 is 1.43 bits per heavy atom. The first kappa shape index (κ1) is 31.9. The molecule has 0 N–H and O–H groups in total. The van der Waals surface area contributed by atoms with E-state index >= 15 is 0 Å². The van der Waals surface area contributed by atoms with E-state index in [0.717, 1.165) is 77.3 Å². The van der Waals surface area contributed by atoms with Crippen molar-refractivity contribution in [1.82, 2.24) is 24.1 Å². The molecule has 0 unspecified atom stereocenters. The van der Waals surface area contributed by atoms with Crippen LogP contribution in [0, 0.1) is 0 Å². The van der Waals surface area contributed by atoms with Crippen molar-refractivity contribution >= 4 is 43.6 Å². The quantitative estimate of drug-likeness (QED) is 0.172. The molecule has 0 saturated carbocycles. The van der Waals surface area contributed by atoms with Crippen molar-refractivity contribution in [2.45, 2.75) is 0 Å². The summed E-state index contributed by atoms with van der Waals surface area (Å²) < 4.78 is 4.67. The van der Waals surface area contributed by atoms with E-state index in [0.29, 0.717) is 17.6 Å². The Hall–Kier alpha value is -7.63. The Labute approximate surface area is 323 Å². The SMILES string of the molecule is c1ccc(-c2ccc(-c3nc(-c4ccccc4)nc(-n4c5ccccc5c5c(-c6ccccc6)cc6c7ccccc7n(-c7ccccc7)c6c54)n3)cc2)cc1. The second kappa shape index (κ2) is 13.0. The lowest BCUT2D eigenvalue weighted by Gasteiger charge is -2.14. The highest BCUT2D eigenvalue weighted by molar-refractivity contribution is 6.28. The van der Waals surface area contributed by atoms with Gasteiger partial charge in [0.2, 0.25) is 5.95 Å². The molecular weight excluding hydrogens is 683 g/mol. The van der Waals surface area contributed by atoms with E-state index in [2.05, 4.69) is 185 Å². The fourth-order valence-electron chi connectivity index (χ4n) is 8.25. The van der Waals surface area contributed by atoms with Gasteiger partial charge in [-0.15, -0.1) is 0 Å². The summed E-state index contributed by atoms with van der Waals surface area (Å²) in [6, 6.07) is 70.3. The number of nitrogens with zero attached hydrogens (tertiary/aromatic N) is 5. The summed E-state index contributed by atoms with van der Waals surface area (Å²) in [5.74, 6) is 1.78. The van der Waals surface area contributed by atoms with Crippen LogP contribution in [0.25, 0.3) is 100 Å². The third-order valence-corrected chi connectivity index (χ3v) is 10.8. The highest BCUT2D eigenvalue weighted by atomic mass is 15.2. The van der Waals surface area contributed by atoms with Gasteiger partial charge >= 0.3 is 0 Å². The average molecular weight is 716 g/mol. The lowest BCUT2D eigenvalue weighted by molar-refractivity contribution is 0.953. The molecule has 11 aromatic rings. The second-order valence-electron chi connectivity index (χ2n) is 14.0. The van der Waals surface area contributed by atoms with E-state index in [1.54, 1.807) is 0 Å². The standard InChI is InChI=1S/C51H33N5/c1-5-17-34(18-6-1)35-29-31-38(32-30-35)50-52-49(37-21-9-3-10-22-37)53-51(54-50)56-45-28-16-14-26-41(45)46-42(36-19-7-2-8-20-36)33-43-40-25-13-15-27-44(40)55(47(43)48(46)56)39-23-11-4-12-24-39/h1-33H. The van der Waals surface area contributed by atoms with Gasteiger partial charge in [-0.1, -0.05) is 170 Å². The Morgan fingerprint density at radius 1 is 0.321 bits per heavy atom. The molecule has 262 valence electrons. The molecule has 0 aliphatic rings. The van der Waals surface area contributed by atoms with Crippen LogP contribution in [0.5, 0.6) is 0 Å². The molecule has 0 bridgehead atoms. The van der Waals surface area contributed by atoms with E-state index in [9.17, 15) is 0 Å². The minimum atomic E-state index is 0.559. The van der Waals surface area contributed by atoms with E-state index in [-0.39, 0.29) is 0 Å². The lowest BCUT2D eigenvalue weighted by Crippen LogP contribution is -2.07. The first-order valence-corrected chi connectivity index (χ1v) is 18.9. The Bertz CT molecular complexity index is 3200. The van der Waals surface area contributed by atoms with Crippen molar-refractivity contribution in [2.75, 3.05) is 0 Å². The number of hydrogen-bond donors (Lipinski definition) is 0. The van der Waals surface area contributed by atoms with Crippen molar-refractivity contribution in [2.24, 2.45) is 0 Å². The Balaban J connectivity index is 1.29. The molecule has 56 heavy (non-hydrogen) atoms. The molecule has 0 aliphatic carbocycles. The first-order chi connectivity index (χ1) is 27.8. The molecular formula is C51H33N5. The molecule has 5 heteroatoms. The van der Waals surface area contributed by atoms with E-state index in [1.165, 1.54) is 5.39 Å². The highest BCUT2D eigenvalue weighted by Gasteiger charge is 2.26. The van der Waals surface area contributed by atoms with Crippen molar-refractivity contribution in [3.63, 3.8) is 0 Å². The summed E-state index contributed by atoms with van der Waals surface area (Å²) in [4.78, 5) is 15.8. The average Bonchev–Trinajstić information content (AvgIpc) is 3.81. The van der Waals surface area contributed by atoms with Crippen LogP contribution in [0.4, 0.5) is 0 Å². The smallest absolute Gasteiger partial charge is 0.238 e. The van der Waals surface area contributed by atoms with Crippen LogP contribution < -0.4 is 0 Å². The number of aromatic nitrogens is 5. The highest BCUT2D eigenvalue weighted by Crippen LogP contribution is 2.46. The van der Waals surface area contributed by atoms with Gasteiger partial charge in [-0.25, -0.2) is 4.98 Å². The summed E-state index contributed by atoms with van der Waals surface area (Å²) in [6.45, 7) is 0. The molecule has 0 radical (unpaired) electrons. The van der Waals surface area contributed by atoms with E-state index in [4.69, 9.17) is 15.0 Å². The summed E-state index contributed by atoms with van der Waals surface area (Å²) in [7, 11) is 0. The fraction of sp³-hybridized carbons (Fsp3) is 0. The minimum Gasteiger partial charge on any atom is -0.307 e. The van der Waals surface area contributed by atoms with Gasteiger partial charge in [0, 0.05) is 38.4 Å². The zero-order chi connectivity index (χ0) is 37.0. The van der Waals surface area contributed by atoms with Gasteiger partial charge in [-0.2, -0.15) is 9.97 Å². The van der Waals surface area contributed by atoms with Gasteiger partial charge in [-0.05, 0) is 52.6 Å². The number of hydrogen-bond acceptors (Lipinski definition) is 3. The monoisotopic (exact) mass is 715 g/mol. The van der Waals surface area contributed by atoms with Gasteiger partial charge in [-0.3, -0.25) is 4.57 Å². The summed E-state index contributed by atoms with van der Waals surface area (Å²) >= 11 is 0. The molecule has 3 heterocycles. The molecule has 11 rings (SSSR count). The van der Waals surface area contributed by atoms with E-state index < -0.39 is 0 Å². The predicted octanol–water partition coefficient (Wildman–Crippen LogP) is 12.7. The maximum absolute atomic E-state index is 5.37. The molecule has 0 atom stereocenters. The largest absolute Gasteiger partial charge is 0.307 e. The van der Waals surface area contributed by atoms with Crippen LogP contribution in [-0.4, -0.2) is 24.1 Å². The third-order valence-electron chi connectivity index (χ3n) is 10.8. The van der Waals surface area contributed by atoms with Crippen molar-refractivity contribution in [3.8, 4) is 56.7 Å². The Kier molecular flexibility index (Phi) is 7.42. The van der Waals surface area contributed by atoms with Crippen LogP contribution in [0.15, 0.2) is 200 Å². The molecule has 3 aromatic heterocycles. The maximum atomic E-state index is 5.37. The topological polar surface area (TPSA) is 48.5 Å². The van der Waals surface area contributed by atoms with Crippen LogP contribution in [0.1, 0.15) is 0 Å². The summed E-state index contributed by atoms with van der Waals surface area (Å²) in [5, 5.41) is 4.62. The van der Waals surface area contributed by atoms with Crippen molar-refractivity contribution in [1.29, 1.82) is 0 Å². The van der Waals surface area contributed by atoms with Crippen LogP contribution >= 0.6 is 0 Å². The van der Waals surface area contributed by atoms with Gasteiger partial charge < -0.3 is 4.57 Å². The lowest BCUT2D eigenvalue weighted by atomic mass is 9.96. The predicted molar refractivity (Wildman–Crippen MR) is 230 cm³/mol.